The molecule has 0 radical (unpaired) electrons. The first-order valence-electron chi connectivity index (χ1n) is 3.48. The molecule has 2 rings (SSSR count). The largest absolute Gasteiger partial charge is 0.299 e. The molecule has 0 spiro atoms. The van der Waals surface area contributed by atoms with E-state index in [-0.39, 0.29) is 0 Å². The number of rotatable bonds is 0. The third-order valence-electron chi connectivity index (χ3n) is 2.51. The van der Waals surface area contributed by atoms with E-state index < -0.39 is 0 Å². The summed E-state index contributed by atoms with van der Waals surface area (Å²) in [7, 11) is 0. The molecule has 2 aliphatic carbocycles. The molecule has 0 saturated heterocycles. The summed E-state index contributed by atoms with van der Waals surface area (Å²) in [5.74, 6) is 1.52. The van der Waals surface area contributed by atoms with Crippen molar-refractivity contribution in [3.63, 3.8) is 0 Å². The summed E-state index contributed by atoms with van der Waals surface area (Å²) in [5, 5.41) is 0. The van der Waals surface area contributed by atoms with Gasteiger partial charge in [-0.25, -0.2) is 0 Å². The highest BCUT2D eigenvalue weighted by Gasteiger charge is 2.42. The van der Waals surface area contributed by atoms with Crippen molar-refractivity contribution in [2.75, 3.05) is 0 Å². The summed E-state index contributed by atoms with van der Waals surface area (Å²) >= 11 is 0. The Morgan fingerprint density at radius 2 is 2.44 bits per heavy atom. The Balaban J connectivity index is 2.24. The number of hydrogen-bond acceptors (Lipinski definition) is 1. The van der Waals surface area contributed by atoms with Crippen LogP contribution in [0.3, 0.4) is 0 Å². The standard InChI is InChI=1S/C8H10O/c1-5-2-3-6-4-7(9)8(5)6/h2,6,8H,3-4H2,1H3. The molecule has 0 amide bonds. The van der Waals surface area contributed by atoms with Gasteiger partial charge in [0.05, 0.1) is 0 Å². The summed E-state index contributed by atoms with van der Waals surface area (Å²) in [6.07, 6.45) is 4.21. The van der Waals surface area contributed by atoms with Crippen LogP contribution in [0.2, 0.25) is 0 Å². The first kappa shape index (κ1) is 5.21. The molecule has 2 unspecified atom stereocenters. The predicted molar refractivity (Wildman–Crippen MR) is 35.0 cm³/mol. The second-order valence-electron chi connectivity index (χ2n) is 3.09. The van der Waals surface area contributed by atoms with Crippen LogP contribution in [0.5, 0.6) is 0 Å². The van der Waals surface area contributed by atoms with Crippen LogP contribution in [0.4, 0.5) is 0 Å². The Kier molecular flexibility index (Phi) is 0.850. The lowest BCUT2D eigenvalue weighted by molar-refractivity contribution is -0.131. The fraction of sp³-hybridized carbons (Fsp3) is 0.625. The Morgan fingerprint density at radius 1 is 1.67 bits per heavy atom. The highest BCUT2D eigenvalue weighted by Crippen LogP contribution is 2.43. The van der Waals surface area contributed by atoms with Crippen molar-refractivity contribution in [2.24, 2.45) is 11.8 Å². The number of carbonyl (C=O) groups is 1. The molecule has 2 atom stereocenters. The average molecular weight is 122 g/mol. The van der Waals surface area contributed by atoms with Crippen LogP contribution in [-0.2, 0) is 4.79 Å². The van der Waals surface area contributed by atoms with Gasteiger partial charge in [-0.1, -0.05) is 11.6 Å². The zero-order valence-corrected chi connectivity index (χ0v) is 5.55. The smallest absolute Gasteiger partial charge is 0.140 e. The van der Waals surface area contributed by atoms with Crippen molar-refractivity contribution in [1.82, 2.24) is 0 Å². The van der Waals surface area contributed by atoms with Crippen LogP contribution < -0.4 is 0 Å². The summed E-state index contributed by atoms with van der Waals surface area (Å²) in [5.41, 5.74) is 1.32. The monoisotopic (exact) mass is 122 g/mol. The molecule has 0 N–H and O–H groups in total. The van der Waals surface area contributed by atoms with E-state index in [4.69, 9.17) is 0 Å². The second-order valence-corrected chi connectivity index (χ2v) is 3.09. The van der Waals surface area contributed by atoms with Crippen molar-refractivity contribution in [3.05, 3.63) is 11.6 Å². The Labute approximate surface area is 54.8 Å². The van der Waals surface area contributed by atoms with Gasteiger partial charge in [-0.3, -0.25) is 4.79 Å². The lowest BCUT2D eigenvalue weighted by Gasteiger charge is -2.29. The molecule has 1 nitrogen and oxygen atoms in total. The van der Waals surface area contributed by atoms with E-state index in [9.17, 15) is 4.79 Å². The minimum Gasteiger partial charge on any atom is -0.299 e. The van der Waals surface area contributed by atoms with Crippen molar-refractivity contribution in [2.45, 2.75) is 19.8 Å². The topological polar surface area (TPSA) is 17.1 Å². The predicted octanol–water partition coefficient (Wildman–Crippen LogP) is 1.54. The quantitative estimate of drug-likeness (QED) is 0.445. The Morgan fingerprint density at radius 3 is 2.89 bits per heavy atom. The molecule has 48 valence electrons. The Bertz CT molecular complexity index is 191. The van der Waals surface area contributed by atoms with Crippen molar-refractivity contribution < 1.29 is 4.79 Å². The van der Waals surface area contributed by atoms with Crippen LogP contribution in [0.1, 0.15) is 19.8 Å². The molecule has 2 aliphatic rings. The van der Waals surface area contributed by atoms with Crippen molar-refractivity contribution >= 4 is 5.78 Å². The fourth-order valence-electron chi connectivity index (χ4n) is 1.92. The van der Waals surface area contributed by atoms with Gasteiger partial charge in [-0.05, 0) is 19.3 Å². The summed E-state index contributed by atoms with van der Waals surface area (Å²) in [6, 6.07) is 0. The minimum absolute atomic E-state index is 0.352. The van der Waals surface area contributed by atoms with Gasteiger partial charge in [-0.15, -0.1) is 0 Å². The molecule has 0 aromatic rings. The van der Waals surface area contributed by atoms with Gasteiger partial charge in [0, 0.05) is 12.3 Å². The Hall–Kier alpha value is -0.590. The van der Waals surface area contributed by atoms with Gasteiger partial charge >= 0.3 is 0 Å². The van der Waals surface area contributed by atoms with Gasteiger partial charge in [0.1, 0.15) is 5.78 Å². The fourth-order valence-corrected chi connectivity index (χ4v) is 1.92. The molecular formula is C8H10O. The van der Waals surface area contributed by atoms with Gasteiger partial charge in [0.15, 0.2) is 0 Å². The number of fused-ring (bicyclic) bond motifs is 1. The van der Waals surface area contributed by atoms with E-state index in [1.807, 2.05) is 0 Å². The highest BCUT2D eigenvalue weighted by molar-refractivity contribution is 5.90. The van der Waals surface area contributed by atoms with Crippen LogP contribution in [-0.4, -0.2) is 5.78 Å². The van der Waals surface area contributed by atoms with Gasteiger partial charge in [0.2, 0.25) is 0 Å². The number of carbonyl (C=O) groups excluding carboxylic acids is 1. The molecule has 0 aromatic carbocycles. The average Bonchev–Trinajstić information content (AvgIpc) is 2.04. The van der Waals surface area contributed by atoms with E-state index in [0.29, 0.717) is 17.6 Å². The molecule has 0 aliphatic heterocycles. The molecular weight excluding hydrogens is 112 g/mol. The molecule has 9 heavy (non-hydrogen) atoms. The van der Waals surface area contributed by atoms with E-state index >= 15 is 0 Å². The van der Waals surface area contributed by atoms with E-state index in [1.54, 1.807) is 0 Å². The molecule has 0 aromatic heterocycles. The molecule has 1 saturated carbocycles. The number of hydrogen-bond donors (Lipinski definition) is 0. The minimum atomic E-state index is 0.352. The third kappa shape index (κ3) is 0.521. The van der Waals surface area contributed by atoms with E-state index in [0.717, 1.165) is 12.8 Å². The maximum Gasteiger partial charge on any atom is 0.140 e. The normalized spacial score (nSPS) is 39.7. The highest BCUT2D eigenvalue weighted by atomic mass is 16.1. The molecule has 0 heterocycles. The SMILES string of the molecule is CC1=CCC2CC(=O)C12. The van der Waals surface area contributed by atoms with E-state index in [1.165, 1.54) is 5.57 Å². The summed E-state index contributed by atoms with van der Waals surface area (Å²) in [6.45, 7) is 2.07. The summed E-state index contributed by atoms with van der Waals surface area (Å²) < 4.78 is 0. The van der Waals surface area contributed by atoms with Gasteiger partial charge < -0.3 is 0 Å². The summed E-state index contributed by atoms with van der Waals surface area (Å²) in [4.78, 5) is 10.9. The number of ketones is 1. The number of Topliss-reactive ketones (excluding diaryl/α,β-unsaturated/α-hetero) is 1. The van der Waals surface area contributed by atoms with Crippen LogP contribution in [0.15, 0.2) is 11.6 Å². The van der Waals surface area contributed by atoms with Crippen molar-refractivity contribution in [1.29, 1.82) is 0 Å². The zero-order chi connectivity index (χ0) is 6.43. The number of allylic oxidation sites excluding steroid dienone is 2. The lowest BCUT2D eigenvalue weighted by atomic mass is 9.72. The van der Waals surface area contributed by atoms with Crippen LogP contribution in [0.25, 0.3) is 0 Å². The molecule has 0 bridgehead atoms. The lowest BCUT2D eigenvalue weighted by Crippen LogP contribution is -2.34. The molecule has 1 heteroatoms. The zero-order valence-electron chi connectivity index (χ0n) is 5.55. The molecule has 1 fully saturated rings. The van der Waals surface area contributed by atoms with Crippen LogP contribution in [0, 0.1) is 11.8 Å². The maximum absolute atomic E-state index is 10.9. The van der Waals surface area contributed by atoms with E-state index in [2.05, 4.69) is 13.0 Å². The third-order valence-corrected chi connectivity index (χ3v) is 2.51. The second kappa shape index (κ2) is 1.47. The van der Waals surface area contributed by atoms with Crippen LogP contribution >= 0.6 is 0 Å². The van der Waals surface area contributed by atoms with Gasteiger partial charge in [-0.2, -0.15) is 0 Å². The first-order chi connectivity index (χ1) is 4.29. The maximum atomic E-state index is 10.9. The van der Waals surface area contributed by atoms with Gasteiger partial charge in [0.25, 0.3) is 0 Å². The first-order valence-corrected chi connectivity index (χ1v) is 3.48. The van der Waals surface area contributed by atoms with Crippen molar-refractivity contribution in [3.8, 4) is 0 Å².